The number of rotatable bonds is 4. The number of nitrogens with zero attached hydrogens (tertiary/aromatic N) is 3. The normalized spacial score (nSPS) is 23.9. The second kappa shape index (κ2) is 5.48. The third-order valence-electron chi connectivity index (χ3n) is 3.56. The third-order valence-corrected chi connectivity index (χ3v) is 3.56. The fourth-order valence-electron chi connectivity index (χ4n) is 2.28. The zero-order valence-corrected chi connectivity index (χ0v) is 11.1. The molecule has 1 aromatic heterocycles. The molecule has 0 radical (unpaired) electrons. The molecule has 2 heterocycles. The maximum atomic E-state index is 12.2. The monoisotopic (exact) mass is 251 g/mol. The Morgan fingerprint density at radius 1 is 1.61 bits per heavy atom. The average Bonchev–Trinajstić information content (AvgIpc) is 2.84. The van der Waals surface area contributed by atoms with Crippen LogP contribution in [0.25, 0.3) is 0 Å². The fourth-order valence-corrected chi connectivity index (χ4v) is 2.28. The lowest BCUT2D eigenvalue weighted by Gasteiger charge is -2.33. The first-order chi connectivity index (χ1) is 8.65. The minimum Gasteiger partial charge on any atom is -0.347 e. The van der Waals surface area contributed by atoms with Crippen molar-refractivity contribution in [2.75, 3.05) is 6.54 Å². The van der Waals surface area contributed by atoms with Crippen LogP contribution in [0.4, 0.5) is 0 Å². The molecule has 1 atom stereocenters. The van der Waals surface area contributed by atoms with Crippen LogP contribution in [0.5, 0.6) is 0 Å². The van der Waals surface area contributed by atoms with E-state index in [1.54, 1.807) is 6.33 Å². The number of hydrogen-bond donors (Lipinski definition) is 2. The van der Waals surface area contributed by atoms with E-state index in [0.717, 1.165) is 38.2 Å². The second-order valence-corrected chi connectivity index (χ2v) is 4.93. The summed E-state index contributed by atoms with van der Waals surface area (Å²) in [6.45, 7) is 6.15. The molecule has 1 aliphatic heterocycles. The van der Waals surface area contributed by atoms with Crippen LogP contribution in [-0.4, -0.2) is 32.8 Å². The molecule has 18 heavy (non-hydrogen) atoms. The fraction of sp³-hybridized carbons (Fsp3) is 0.750. The van der Waals surface area contributed by atoms with Gasteiger partial charge >= 0.3 is 0 Å². The van der Waals surface area contributed by atoms with Crippen molar-refractivity contribution < 1.29 is 4.79 Å². The van der Waals surface area contributed by atoms with E-state index in [1.165, 1.54) is 0 Å². The molecule has 1 saturated heterocycles. The van der Waals surface area contributed by atoms with Crippen molar-refractivity contribution in [1.82, 2.24) is 25.4 Å². The van der Waals surface area contributed by atoms with Crippen molar-refractivity contribution in [1.29, 1.82) is 0 Å². The van der Waals surface area contributed by atoms with Gasteiger partial charge in [-0.3, -0.25) is 4.79 Å². The Bertz CT molecular complexity index is 408. The summed E-state index contributed by atoms with van der Waals surface area (Å²) in [5, 5.41) is 14.1. The Labute approximate surface area is 107 Å². The highest BCUT2D eigenvalue weighted by atomic mass is 16.2. The van der Waals surface area contributed by atoms with Crippen LogP contribution < -0.4 is 10.6 Å². The van der Waals surface area contributed by atoms with Gasteiger partial charge in [0, 0.05) is 6.54 Å². The minimum atomic E-state index is -0.435. The van der Waals surface area contributed by atoms with Crippen molar-refractivity contribution in [3.63, 3.8) is 0 Å². The second-order valence-electron chi connectivity index (χ2n) is 4.93. The van der Waals surface area contributed by atoms with Crippen LogP contribution >= 0.6 is 0 Å². The van der Waals surface area contributed by atoms with Gasteiger partial charge in [0.05, 0.1) is 12.1 Å². The lowest BCUT2D eigenvalue weighted by molar-refractivity contribution is -0.128. The predicted molar refractivity (Wildman–Crippen MR) is 67.8 cm³/mol. The van der Waals surface area contributed by atoms with Crippen molar-refractivity contribution in [3.8, 4) is 0 Å². The molecular formula is C12H21N5O. The maximum Gasteiger partial charge on any atom is 0.240 e. The molecule has 2 N–H and O–H groups in total. The first kappa shape index (κ1) is 13.0. The highest BCUT2D eigenvalue weighted by Gasteiger charge is 2.33. The van der Waals surface area contributed by atoms with Gasteiger partial charge < -0.3 is 15.2 Å². The number of piperidine rings is 1. The van der Waals surface area contributed by atoms with Crippen LogP contribution in [0.1, 0.15) is 38.9 Å². The highest BCUT2D eigenvalue weighted by molar-refractivity contribution is 5.85. The lowest BCUT2D eigenvalue weighted by atomic mass is 9.90. The molecule has 1 fully saturated rings. The number of carbonyl (C=O) groups is 1. The zero-order chi connectivity index (χ0) is 13.0. The van der Waals surface area contributed by atoms with Gasteiger partial charge in [-0.2, -0.15) is 0 Å². The first-order valence-corrected chi connectivity index (χ1v) is 6.56. The molecule has 0 spiro atoms. The van der Waals surface area contributed by atoms with Crippen LogP contribution in [0, 0.1) is 0 Å². The molecule has 100 valence electrons. The average molecular weight is 251 g/mol. The molecule has 1 aromatic rings. The van der Waals surface area contributed by atoms with Crippen LogP contribution in [0.3, 0.4) is 0 Å². The van der Waals surface area contributed by atoms with E-state index in [0.29, 0.717) is 6.54 Å². The van der Waals surface area contributed by atoms with Gasteiger partial charge in [-0.1, -0.05) is 0 Å². The van der Waals surface area contributed by atoms with Crippen LogP contribution in [-0.2, 0) is 17.9 Å². The summed E-state index contributed by atoms with van der Waals surface area (Å²) in [5.41, 5.74) is -0.435. The van der Waals surface area contributed by atoms with E-state index < -0.39 is 5.54 Å². The molecular weight excluding hydrogens is 230 g/mol. The van der Waals surface area contributed by atoms with E-state index in [4.69, 9.17) is 0 Å². The summed E-state index contributed by atoms with van der Waals surface area (Å²) >= 11 is 0. The molecule has 6 nitrogen and oxygen atoms in total. The molecule has 1 unspecified atom stereocenters. The minimum absolute atomic E-state index is 0.0489. The molecule has 0 aliphatic carbocycles. The van der Waals surface area contributed by atoms with E-state index in [9.17, 15) is 4.79 Å². The van der Waals surface area contributed by atoms with Crippen molar-refractivity contribution in [2.24, 2.45) is 0 Å². The van der Waals surface area contributed by atoms with Crippen molar-refractivity contribution in [2.45, 2.75) is 51.7 Å². The summed E-state index contributed by atoms with van der Waals surface area (Å²) < 4.78 is 1.93. The quantitative estimate of drug-likeness (QED) is 0.815. The molecule has 2 rings (SSSR count). The molecule has 0 bridgehead atoms. The van der Waals surface area contributed by atoms with E-state index in [2.05, 4.69) is 20.8 Å². The van der Waals surface area contributed by atoms with Gasteiger partial charge in [-0.25, -0.2) is 0 Å². The summed E-state index contributed by atoms with van der Waals surface area (Å²) in [5.74, 6) is 0.845. The first-order valence-electron chi connectivity index (χ1n) is 6.56. The summed E-state index contributed by atoms with van der Waals surface area (Å²) in [4.78, 5) is 12.2. The van der Waals surface area contributed by atoms with Crippen LogP contribution in [0.15, 0.2) is 6.33 Å². The number of hydrogen-bond acceptors (Lipinski definition) is 4. The van der Waals surface area contributed by atoms with Gasteiger partial charge in [0.1, 0.15) is 6.33 Å². The highest BCUT2D eigenvalue weighted by Crippen LogP contribution is 2.18. The van der Waals surface area contributed by atoms with Gasteiger partial charge in [0.2, 0.25) is 5.91 Å². The topological polar surface area (TPSA) is 71.8 Å². The maximum absolute atomic E-state index is 12.2. The number of amides is 1. The molecule has 0 aromatic carbocycles. The molecule has 0 saturated carbocycles. The number of aromatic nitrogens is 3. The largest absolute Gasteiger partial charge is 0.347 e. The van der Waals surface area contributed by atoms with Gasteiger partial charge in [-0.05, 0) is 39.7 Å². The number of aryl methyl sites for hydroxylation is 1. The SMILES string of the molecule is CCn1cnnc1CNC(=O)C1(C)CCCCN1. The van der Waals surface area contributed by atoms with Gasteiger partial charge in [0.15, 0.2) is 5.82 Å². The Morgan fingerprint density at radius 3 is 3.11 bits per heavy atom. The zero-order valence-electron chi connectivity index (χ0n) is 11.1. The summed E-state index contributed by atoms with van der Waals surface area (Å²) in [6, 6.07) is 0. The van der Waals surface area contributed by atoms with Gasteiger partial charge in [-0.15, -0.1) is 10.2 Å². The lowest BCUT2D eigenvalue weighted by Crippen LogP contribution is -2.56. The van der Waals surface area contributed by atoms with Crippen molar-refractivity contribution in [3.05, 3.63) is 12.2 Å². The van der Waals surface area contributed by atoms with Gasteiger partial charge in [0.25, 0.3) is 0 Å². The Hall–Kier alpha value is -1.43. The molecule has 6 heteroatoms. The smallest absolute Gasteiger partial charge is 0.240 e. The Balaban J connectivity index is 1.91. The standard InChI is InChI=1S/C12H21N5O/c1-3-17-9-15-16-10(17)8-13-11(18)12(2)6-4-5-7-14-12/h9,14H,3-8H2,1-2H3,(H,13,18). The Kier molecular flexibility index (Phi) is 3.96. The summed E-state index contributed by atoms with van der Waals surface area (Å²) in [6.07, 6.45) is 4.82. The van der Waals surface area contributed by atoms with E-state index in [-0.39, 0.29) is 5.91 Å². The number of nitrogens with one attached hydrogen (secondary N) is 2. The van der Waals surface area contributed by atoms with E-state index >= 15 is 0 Å². The third kappa shape index (κ3) is 2.69. The van der Waals surface area contributed by atoms with E-state index in [1.807, 2.05) is 18.4 Å². The van der Waals surface area contributed by atoms with Crippen molar-refractivity contribution >= 4 is 5.91 Å². The summed E-state index contributed by atoms with van der Waals surface area (Å²) in [7, 11) is 0. The van der Waals surface area contributed by atoms with Crippen LogP contribution in [0.2, 0.25) is 0 Å². The number of carbonyl (C=O) groups excluding carboxylic acids is 1. The predicted octanol–water partition coefficient (Wildman–Crippen LogP) is 0.446. The molecule has 1 amide bonds. The molecule has 1 aliphatic rings. The Morgan fingerprint density at radius 2 is 2.44 bits per heavy atom.